The van der Waals surface area contributed by atoms with E-state index >= 15 is 0 Å². The molecule has 36 heavy (non-hydrogen) atoms. The second kappa shape index (κ2) is 9.66. The van der Waals surface area contributed by atoms with Crippen LogP contribution in [0.5, 0.6) is 0 Å². The molecular formula is C31H49NO4. The summed E-state index contributed by atoms with van der Waals surface area (Å²) < 4.78 is 12.4. The largest absolute Gasteiger partial charge is 0.494 e. The van der Waals surface area contributed by atoms with Crippen molar-refractivity contribution in [3.05, 3.63) is 11.3 Å². The van der Waals surface area contributed by atoms with E-state index in [0.717, 1.165) is 50.0 Å². The Morgan fingerprint density at radius 3 is 2.53 bits per heavy atom. The first-order chi connectivity index (χ1) is 17.0. The Labute approximate surface area is 218 Å². The first-order valence-electron chi connectivity index (χ1n) is 14.8. The molecule has 0 aromatic heterocycles. The van der Waals surface area contributed by atoms with Gasteiger partial charge in [0.15, 0.2) is 0 Å². The van der Waals surface area contributed by atoms with Crippen LogP contribution in [-0.2, 0) is 19.1 Å². The Kier molecular flexibility index (Phi) is 7.00. The van der Waals surface area contributed by atoms with Gasteiger partial charge in [-0.2, -0.15) is 0 Å². The van der Waals surface area contributed by atoms with Crippen molar-refractivity contribution in [3.8, 4) is 0 Å². The molecule has 0 aromatic rings. The van der Waals surface area contributed by atoms with Crippen LogP contribution in [0.15, 0.2) is 11.3 Å². The van der Waals surface area contributed by atoms with Gasteiger partial charge in [0.25, 0.3) is 0 Å². The average Bonchev–Trinajstić information content (AvgIpc) is 3.29. The van der Waals surface area contributed by atoms with Crippen LogP contribution < -0.4 is 5.32 Å². The number of fused-ring (bicyclic) bond motifs is 7. The summed E-state index contributed by atoms with van der Waals surface area (Å²) >= 11 is 0. The lowest BCUT2D eigenvalue weighted by Gasteiger charge is -2.61. The number of carbonyl (C=O) groups is 2. The highest BCUT2D eigenvalue weighted by Crippen LogP contribution is 2.69. The Balaban J connectivity index is 1.26. The normalized spacial score (nSPS) is 44.0. The maximum absolute atomic E-state index is 11.6. The van der Waals surface area contributed by atoms with Crippen molar-refractivity contribution in [1.29, 1.82) is 0 Å². The number of carbonyl (C=O) groups excluding carboxylic acids is 2. The van der Waals surface area contributed by atoms with Crippen LogP contribution in [0.2, 0.25) is 0 Å². The molecule has 4 aliphatic carbocycles. The van der Waals surface area contributed by atoms with Gasteiger partial charge in [0.2, 0.25) is 5.91 Å². The third-order valence-electron chi connectivity index (χ3n) is 11.7. The van der Waals surface area contributed by atoms with E-state index in [4.69, 9.17) is 9.47 Å². The fourth-order valence-electron chi connectivity index (χ4n) is 9.94. The summed E-state index contributed by atoms with van der Waals surface area (Å²) in [6.07, 6.45) is 12.4. The number of amides is 1. The van der Waals surface area contributed by atoms with E-state index in [1.165, 1.54) is 49.9 Å². The van der Waals surface area contributed by atoms with Crippen molar-refractivity contribution in [2.24, 2.45) is 46.3 Å². The number of esters is 1. The zero-order valence-electron chi connectivity index (χ0n) is 23.5. The summed E-state index contributed by atoms with van der Waals surface area (Å²) in [4.78, 5) is 22.8. The van der Waals surface area contributed by atoms with Gasteiger partial charge in [-0.3, -0.25) is 9.59 Å². The molecule has 0 radical (unpaired) electrons. The van der Waals surface area contributed by atoms with Gasteiger partial charge in [-0.1, -0.05) is 20.8 Å². The SMILES string of the molecule is CC(=O)NC[C@@H](C)CCC1=C(C)C2[C@H](C[C@H]3[C@@H]4CC[C@H]5C[C@@H](OC(C)=O)CC[C@]5(C)[C@H]4CC[C@]23C)O1. The molecule has 1 aliphatic heterocycles. The maximum atomic E-state index is 11.6. The molecule has 0 aromatic carbocycles. The zero-order chi connectivity index (χ0) is 25.8. The maximum Gasteiger partial charge on any atom is 0.302 e. The molecule has 202 valence electrons. The molecule has 1 unspecified atom stereocenters. The van der Waals surface area contributed by atoms with E-state index in [0.29, 0.717) is 34.7 Å². The number of hydrogen-bond acceptors (Lipinski definition) is 4. The molecule has 5 rings (SSSR count). The lowest BCUT2D eigenvalue weighted by atomic mass is 9.44. The fourth-order valence-corrected chi connectivity index (χ4v) is 9.94. The topological polar surface area (TPSA) is 64.6 Å². The summed E-state index contributed by atoms with van der Waals surface area (Å²) in [6.45, 7) is 13.6. The standard InChI is InChI=1S/C31H49NO4/c1-18(17-32-20(3)33)7-10-27-19(2)29-28(36-27)16-26-24-9-8-22-15-23(35-21(4)34)11-13-30(22,5)25(24)12-14-31(26,29)6/h18,22-26,28-29H,7-17H2,1-6H3,(H,32,33)/t18-,22-,23-,24+,25-,26-,28-,29?,30-,31-/m0/s1. The zero-order valence-corrected chi connectivity index (χ0v) is 23.5. The van der Waals surface area contributed by atoms with Gasteiger partial charge < -0.3 is 14.8 Å². The molecule has 5 nitrogen and oxygen atoms in total. The van der Waals surface area contributed by atoms with Crippen LogP contribution in [0.1, 0.15) is 106 Å². The van der Waals surface area contributed by atoms with E-state index in [9.17, 15) is 9.59 Å². The third kappa shape index (κ3) is 4.41. The summed E-state index contributed by atoms with van der Waals surface area (Å²) in [5.41, 5.74) is 2.29. The summed E-state index contributed by atoms with van der Waals surface area (Å²) in [7, 11) is 0. The smallest absolute Gasteiger partial charge is 0.302 e. The van der Waals surface area contributed by atoms with Crippen LogP contribution >= 0.6 is 0 Å². The fraction of sp³-hybridized carbons (Fsp3) is 0.871. The molecular weight excluding hydrogens is 450 g/mol. The van der Waals surface area contributed by atoms with Crippen molar-refractivity contribution in [3.63, 3.8) is 0 Å². The Morgan fingerprint density at radius 2 is 1.81 bits per heavy atom. The minimum atomic E-state index is -0.117. The molecule has 1 heterocycles. The number of nitrogens with one attached hydrogen (secondary N) is 1. The summed E-state index contributed by atoms with van der Waals surface area (Å²) in [5, 5.41) is 2.96. The molecule has 5 aliphatic rings. The predicted molar refractivity (Wildman–Crippen MR) is 141 cm³/mol. The number of rotatable bonds is 6. The van der Waals surface area contributed by atoms with E-state index in [1.807, 2.05) is 0 Å². The average molecular weight is 500 g/mol. The molecule has 5 heteroatoms. The summed E-state index contributed by atoms with van der Waals surface area (Å²) in [5.74, 6) is 5.32. The van der Waals surface area contributed by atoms with Crippen LogP contribution in [-0.4, -0.2) is 30.6 Å². The number of hydrogen-bond donors (Lipinski definition) is 1. The number of ether oxygens (including phenoxy) is 2. The lowest BCUT2D eigenvalue weighted by molar-refractivity contribution is -0.159. The van der Waals surface area contributed by atoms with Crippen molar-refractivity contribution in [2.45, 2.75) is 118 Å². The quantitative estimate of drug-likeness (QED) is 0.429. The van der Waals surface area contributed by atoms with Gasteiger partial charge in [0, 0.05) is 32.7 Å². The highest BCUT2D eigenvalue weighted by Gasteiger charge is 2.64. The van der Waals surface area contributed by atoms with Crippen LogP contribution in [0.25, 0.3) is 0 Å². The van der Waals surface area contributed by atoms with Gasteiger partial charge in [-0.15, -0.1) is 0 Å². The minimum Gasteiger partial charge on any atom is -0.494 e. The van der Waals surface area contributed by atoms with E-state index in [1.54, 1.807) is 13.8 Å². The Hall–Kier alpha value is -1.52. The molecule has 1 N–H and O–H groups in total. The van der Waals surface area contributed by atoms with Gasteiger partial charge in [0.1, 0.15) is 12.2 Å². The molecule has 4 saturated carbocycles. The predicted octanol–water partition coefficient (Wildman–Crippen LogP) is 6.41. The molecule has 0 spiro atoms. The van der Waals surface area contributed by atoms with Crippen LogP contribution in [0.4, 0.5) is 0 Å². The van der Waals surface area contributed by atoms with Crippen molar-refractivity contribution in [1.82, 2.24) is 5.32 Å². The minimum absolute atomic E-state index is 0.0544. The third-order valence-corrected chi connectivity index (χ3v) is 11.7. The highest BCUT2D eigenvalue weighted by molar-refractivity contribution is 5.72. The van der Waals surface area contributed by atoms with Gasteiger partial charge in [-0.25, -0.2) is 0 Å². The molecule has 0 bridgehead atoms. The van der Waals surface area contributed by atoms with Gasteiger partial charge in [-0.05, 0) is 111 Å². The van der Waals surface area contributed by atoms with E-state index in [2.05, 4.69) is 33.0 Å². The summed E-state index contributed by atoms with van der Waals surface area (Å²) in [6, 6.07) is 0. The van der Waals surface area contributed by atoms with E-state index in [-0.39, 0.29) is 18.0 Å². The van der Waals surface area contributed by atoms with Crippen molar-refractivity contribution in [2.75, 3.05) is 6.54 Å². The van der Waals surface area contributed by atoms with Crippen molar-refractivity contribution >= 4 is 11.9 Å². The lowest BCUT2D eigenvalue weighted by Crippen LogP contribution is -2.54. The highest BCUT2D eigenvalue weighted by atomic mass is 16.5. The first-order valence-corrected chi connectivity index (χ1v) is 14.8. The van der Waals surface area contributed by atoms with E-state index < -0.39 is 0 Å². The second-order valence-electron chi connectivity index (χ2n) is 13.8. The molecule has 1 amide bonds. The second-order valence-corrected chi connectivity index (χ2v) is 13.8. The van der Waals surface area contributed by atoms with Gasteiger partial charge in [0.05, 0.1) is 5.76 Å². The van der Waals surface area contributed by atoms with Crippen LogP contribution in [0.3, 0.4) is 0 Å². The van der Waals surface area contributed by atoms with Gasteiger partial charge >= 0.3 is 5.97 Å². The monoisotopic (exact) mass is 499 g/mol. The molecule has 0 saturated heterocycles. The molecule has 10 atom stereocenters. The Morgan fingerprint density at radius 1 is 1.06 bits per heavy atom. The van der Waals surface area contributed by atoms with Crippen molar-refractivity contribution < 1.29 is 19.1 Å². The first kappa shape index (κ1) is 26.1. The van der Waals surface area contributed by atoms with Crippen LogP contribution in [0, 0.1) is 46.3 Å². The molecule has 4 fully saturated rings. The Bertz CT molecular complexity index is 912. The number of allylic oxidation sites excluding steroid dienone is 1.